The molecule has 1 aliphatic heterocycles. The van der Waals surface area contributed by atoms with Crippen LogP contribution in [0.2, 0.25) is 0 Å². The summed E-state index contributed by atoms with van der Waals surface area (Å²) < 4.78 is 32.5. The van der Waals surface area contributed by atoms with Crippen LogP contribution in [-0.4, -0.2) is 59.4 Å². The Labute approximate surface area is 97.4 Å². The van der Waals surface area contributed by atoms with Gasteiger partial charge in [-0.15, -0.1) is 0 Å². The number of hydrogen-bond acceptors (Lipinski definition) is 5. The van der Waals surface area contributed by atoms with Gasteiger partial charge in [0.05, 0.1) is 31.3 Å². The Balaban J connectivity index is 1.98. The maximum Gasteiger partial charge on any atom is 0.150 e. The average Bonchev–Trinajstić information content (AvgIpc) is 2.25. The van der Waals surface area contributed by atoms with Gasteiger partial charge in [0.25, 0.3) is 0 Å². The van der Waals surface area contributed by atoms with Crippen LogP contribution in [0.3, 0.4) is 0 Å². The number of sulfone groups is 1. The molecular formula is C10H21NO4S. The molecule has 0 aromatic carbocycles. The standard InChI is InChI=1S/C10H21NO4S/c1-14-6-7-15-5-4-11-10-2-8-16(12,13)9-3-10/h10-11H,2-9H2,1H3. The predicted octanol–water partition coefficient (Wildman–Crippen LogP) is -0.184. The summed E-state index contributed by atoms with van der Waals surface area (Å²) in [6.45, 7) is 2.64. The largest absolute Gasteiger partial charge is 0.382 e. The zero-order valence-electron chi connectivity index (χ0n) is 9.78. The molecule has 0 saturated carbocycles. The monoisotopic (exact) mass is 251 g/mol. The molecule has 1 heterocycles. The van der Waals surface area contributed by atoms with Crippen molar-refractivity contribution in [3.05, 3.63) is 0 Å². The molecule has 1 aliphatic rings. The third-order valence-electron chi connectivity index (χ3n) is 2.67. The zero-order chi connectivity index (χ0) is 11.9. The second-order valence-electron chi connectivity index (χ2n) is 3.99. The first-order valence-corrected chi connectivity index (χ1v) is 7.47. The van der Waals surface area contributed by atoms with Crippen LogP contribution in [0, 0.1) is 0 Å². The Bertz CT molecular complexity index is 265. The molecule has 6 heteroatoms. The first kappa shape index (κ1) is 13.9. The van der Waals surface area contributed by atoms with Gasteiger partial charge in [0, 0.05) is 19.7 Å². The molecule has 0 aromatic heterocycles. The fourth-order valence-corrected chi connectivity index (χ4v) is 3.17. The summed E-state index contributed by atoms with van der Waals surface area (Å²) in [6, 6.07) is 0.328. The Hall–Kier alpha value is -0.170. The van der Waals surface area contributed by atoms with Gasteiger partial charge in [-0.25, -0.2) is 8.42 Å². The van der Waals surface area contributed by atoms with Crippen LogP contribution in [0.15, 0.2) is 0 Å². The molecule has 0 amide bonds. The van der Waals surface area contributed by atoms with Crippen molar-refractivity contribution in [3.63, 3.8) is 0 Å². The lowest BCUT2D eigenvalue weighted by Gasteiger charge is -2.22. The summed E-state index contributed by atoms with van der Waals surface area (Å²) in [5, 5.41) is 3.31. The van der Waals surface area contributed by atoms with E-state index in [2.05, 4.69) is 5.32 Å². The highest BCUT2D eigenvalue weighted by Gasteiger charge is 2.22. The van der Waals surface area contributed by atoms with E-state index in [-0.39, 0.29) is 0 Å². The van der Waals surface area contributed by atoms with E-state index in [1.807, 2.05) is 0 Å². The first-order valence-electron chi connectivity index (χ1n) is 5.64. The van der Waals surface area contributed by atoms with Gasteiger partial charge in [0.1, 0.15) is 9.84 Å². The summed E-state index contributed by atoms with van der Waals surface area (Å²) in [7, 11) is -1.10. The minimum atomic E-state index is -2.75. The predicted molar refractivity (Wildman–Crippen MR) is 62.4 cm³/mol. The minimum absolute atomic E-state index is 0.315. The van der Waals surface area contributed by atoms with E-state index in [1.165, 1.54) is 0 Å². The average molecular weight is 251 g/mol. The van der Waals surface area contributed by atoms with E-state index in [1.54, 1.807) is 7.11 Å². The van der Waals surface area contributed by atoms with Crippen LogP contribution in [-0.2, 0) is 19.3 Å². The Kier molecular flexibility index (Phi) is 6.26. The molecule has 0 radical (unpaired) electrons. The summed E-state index contributed by atoms with van der Waals surface area (Å²) in [4.78, 5) is 0. The van der Waals surface area contributed by atoms with E-state index in [0.29, 0.717) is 37.4 Å². The number of rotatable bonds is 7. The summed E-state index contributed by atoms with van der Waals surface area (Å²) in [5.41, 5.74) is 0. The lowest BCUT2D eigenvalue weighted by atomic mass is 10.1. The van der Waals surface area contributed by atoms with Gasteiger partial charge in [-0.2, -0.15) is 0 Å². The van der Waals surface area contributed by atoms with Crippen molar-refractivity contribution in [2.45, 2.75) is 18.9 Å². The minimum Gasteiger partial charge on any atom is -0.382 e. The van der Waals surface area contributed by atoms with Crippen LogP contribution < -0.4 is 5.32 Å². The highest BCUT2D eigenvalue weighted by atomic mass is 32.2. The van der Waals surface area contributed by atoms with Crippen molar-refractivity contribution in [3.8, 4) is 0 Å². The van der Waals surface area contributed by atoms with Gasteiger partial charge in [0.15, 0.2) is 0 Å². The van der Waals surface area contributed by atoms with Crippen molar-refractivity contribution in [1.29, 1.82) is 0 Å². The molecule has 1 rings (SSSR count). The second kappa shape index (κ2) is 7.21. The van der Waals surface area contributed by atoms with Gasteiger partial charge in [-0.1, -0.05) is 0 Å². The highest BCUT2D eigenvalue weighted by molar-refractivity contribution is 7.91. The fourth-order valence-electron chi connectivity index (χ4n) is 1.67. The van der Waals surface area contributed by atoms with E-state index in [4.69, 9.17) is 9.47 Å². The maximum atomic E-state index is 11.2. The van der Waals surface area contributed by atoms with Crippen molar-refractivity contribution < 1.29 is 17.9 Å². The molecule has 0 aliphatic carbocycles. The maximum absolute atomic E-state index is 11.2. The molecule has 16 heavy (non-hydrogen) atoms. The number of methoxy groups -OCH3 is 1. The summed E-state index contributed by atoms with van der Waals surface area (Å²) in [5.74, 6) is 0.629. The molecule has 96 valence electrons. The quantitative estimate of drug-likeness (QED) is 0.636. The Morgan fingerprint density at radius 2 is 1.88 bits per heavy atom. The molecule has 0 bridgehead atoms. The van der Waals surface area contributed by atoms with Crippen LogP contribution >= 0.6 is 0 Å². The van der Waals surface area contributed by atoms with Crippen molar-refractivity contribution >= 4 is 9.84 Å². The Morgan fingerprint density at radius 1 is 1.19 bits per heavy atom. The Morgan fingerprint density at radius 3 is 2.50 bits per heavy atom. The molecule has 1 saturated heterocycles. The van der Waals surface area contributed by atoms with Crippen molar-refractivity contribution in [2.24, 2.45) is 0 Å². The molecule has 1 N–H and O–H groups in total. The van der Waals surface area contributed by atoms with Gasteiger partial charge in [0.2, 0.25) is 0 Å². The summed E-state index contributed by atoms with van der Waals surface area (Å²) >= 11 is 0. The highest BCUT2D eigenvalue weighted by Crippen LogP contribution is 2.11. The topological polar surface area (TPSA) is 64.6 Å². The van der Waals surface area contributed by atoms with E-state index < -0.39 is 9.84 Å². The van der Waals surface area contributed by atoms with E-state index in [9.17, 15) is 8.42 Å². The third kappa shape index (κ3) is 5.79. The molecular weight excluding hydrogens is 230 g/mol. The number of nitrogens with one attached hydrogen (secondary N) is 1. The fraction of sp³-hybridized carbons (Fsp3) is 1.00. The molecule has 5 nitrogen and oxygen atoms in total. The van der Waals surface area contributed by atoms with Gasteiger partial charge in [-0.05, 0) is 12.8 Å². The molecule has 0 atom stereocenters. The first-order chi connectivity index (χ1) is 7.64. The normalized spacial score (nSPS) is 21.1. The number of hydrogen-bond donors (Lipinski definition) is 1. The van der Waals surface area contributed by atoms with Crippen LogP contribution in [0.25, 0.3) is 0 Å². The smallest absolute Gasteiger partial charge is 0.150 e. The van der Waals surface area contributed by atoms with Gasteiger partial charge >= 0.3 is 0 Å². The van der Waals surface area contributed by atoms with Crippen molar-refractivity contribution in [1.82, 2.24) is 5.32 Å². The molecule has 0 aromatic rings. The van der Waals surface area contributed by atoms with E-state index >= 15 is 0 Å². The lowest BCUT2D eigenvalue weighted by Crippen LogP contribution is -2.39. The van der Waals surface area contributed by atoms with Crippen LogP contribution in [0.1, 0.15) is 12.8 Å². The van der Waals surface area contributed by atoms with Crippen LogP contribution in [0.4, 0.5) is 0 Å². The van der Waals surface area contributed by atoms with Crippen LogP contribution in [0.5, 0.6) is 0 Å². The summed E-state index contributed by atoms with van der Waals surface area (Å²) in [6.07, 6.45) is 1.45. The van der Waals surface area contributed by atoms with Crippen molar-refractivity contribution in [2.75, 3.05) is 45.0 Å². The molecule has 0 unspecified atom stereocenters. The zero-order valence-corrected chi connectivity index (χ0v) is 10.6. The third-order valence-corrected chi connectivity index (χ3v) is 4.38. The second-order valence-corrected chi connectivity index (χ2v) is 6.29. The lowest BCUT2D eigenvalue weighted by molar-refractivity contribution is 0.0709. The molecule has 0 spiro atoms. The van der Waals surface area contributed by atoms with E-state index in [0.717, 1.165) is 19.4 Å². The van der Waals surface area contributed by atoms with Gasteiger partial charge < -0.3 is 14.8 Å². The van der Waals surface area contributed by atoms with Gasteiger partial charge in [-0.3, -0.25) is 0 Å². The SMILES string of the molecule is COCCOCCNC1CCS(=O)(=O)CC1. The molecule has 1 fully saturated rings. The number of ether oxygens (including phenoxy) is 2.